The Kier molecular flexibility index (Phi) is 6.03. The second-order valence-electron chi connectivity index (χ2n) is 5.40. The van der Waals surface area contributed by atoms with Crippen LogP contribution in [-0.4, -0.2) is 30.0 Å². The number of esters is 1. The van der Waals surface area contributed by atoms with Gasteiger partial charge < -0.3 is 10.1 Å². The maximum Gasteiger partial charge on any atom is 0.328 e. The summed E-state index contributed by atoms with van der Waals surface area (Å²) >= 11 is 1.28. The van der Waals surface area contributed by atoms with Crippen molar-refractivity contribution in [2.45, 2.75) is 26.3 Å². The molecule has 0 aliphatic heterocycles. The molecule has 1 N–H and O–H groups in total. The Balaban J connectivity index is 2.15. The molecule has 7 heteroatoms. The zero-order valence-corrected chi connectivity index (χ0v) is 14.5. The van der Waals surface area contributed by atoms with Crippen molar-refractivity contribution in [1.29, 1.82) is 0 Å². The van der Waals surface area contributed by atoms with E-state index in [1.807, 2.05) is 13.8 Å². The molecule has 24 heavy (non-hydrogen) atoms. The zero-order chi connectivity index (χ0) is 17.7. The summed E-state index contributed by atoms with van der Waals surface area (Å²) in [6, 6.07) is 5.17. The van der Waals surface area contributed by atoms with Crippen LogP contribution in [0.5, 0.6) is 0 Å². The van der Waals surface area contributed by atoms with Crippen LogP contribution in [0, 0.1) is 11.7 Å². The van der Waals surface area contributed by atoms with E-state index in [2.05, 4.69) is 10.3 Å². The SMILES string of the molecule is CCC(C)C(NC(=O)c1csc(-c2ccc(F)cc2)n1)C(=O)OC. The lowest BCUT2D eigenvalue weighted by Crippen LogP contribution is -2.45. The van der Waals surface area contributed by atoms with Gasteiger partial charge in [-0.1, -0.05) is 20.3 Å². The molecule has 5 nitrogen and oxygen atoms in total. The molecule has 2 rings (SSSR count). The quantitative estimate of drug-likeness (QED) is 0.812. The Bertz CT molecular complexity index is 715. The first-order valence-corrected chi connectivity index (χ1v) is 8.44. The maximum absolute atomic E-state index is 13.0. The highest BCUT2D eigenvalue weighted by molar-refractivity contribution is 7.13. The van der Waals surface area contributed by atoms with Crippen LogP contribution in [0.25, 0.3) is 10.6 Å². The van der Waals surface area contributed by atoms with E-state index in [4.69, 9.17) is 4.74 Å². The fraction of sp³-hybridized carbons (Fsp3) is 0.353. The second kappa shape index (κ2) is 8.01. The minimum Gasteiger partial charge on any atom is -0.467 e. The number of carbonyl (C=O) groups excluding carboxylic acids is 2. The number of nitrogens with zero attached hydrogens (tertiary/aromatic N) is 1. The Hall–Kier alpha value is -2.28. The Morgan fingerprint density at radius 2 is 2.00 bits per heavy atom. The molecule has 0 radical (unpaired) electrons. The van der Waals surface area contributed by atoms with Gasteiger partial charge >= 0.3 is 5.97 Å². The molecule has 2 unspecified atom stereocenters. The zero-order valence-electron chi connectivity index (χ0n) is 13.7. The topological polar surface area (TPSA) is 68.3 Å². The van der Waals surface area contributed by atoms with E-state index >= 15 is 0 Å². The van der Waals surface area contributed by atoms with Crippen LogP contribution >= 0.6 is 11.3 Å². The Labute approximate surface area is 143 Å². The van der Waals surface area contributed by atoms with Crippen LogP contribution in [0.4, 0.5) is 4.39 Å². The molecule has 0 bridgehead atoms. The van der Waals surface area contributed by atoms with Gasteiger partial charge in [0.1, 0.15) is 22.6 Å². The lowest BCUT2D eigenvalue weighted by Gasteiger charge is -2.21. The second-order valence-corrected chi connectivity index (χ2v) is 6.26. The van der Waals surface area contributed by atoms with E-state index < -0.39 is 17.9 Å². The van der Waals surface area contributed by atoms with Gasteiger partial charge in [0.15, 0.2) is 0 Å². The van der Waals surface area contributed by atoms with Crippen molar-refractivity contribution in [3.63, 3.8) is 0 Å². The van der Waals surface area contributed by atoms with Gasteiger partial charge in [0, 0.05) is 10.9 Å². The number of carbonyl (C=O) groups is 2. The van der Waals surface area contributed by atoms with Gasteiger partial charge in [-0.05, 0) is 30.2 Å². The number of hydrogen-bond acceptors (Lipinski definition) is 5. The summed E-state index contributed by atoms with van der Waals surface area (Å²) in [5.41, 5.74) is 0.948. The van der Waals surface area contributed by atoms with Crippen LogP contribution in [0.1, 0.15) is 30.8 Å². The van der Waals surface area contributed by atoms with E-state index in [1.165, 1.54) is 30.6 Å². The summed E-state index contributed by atoms with van der Waals surface area (Å²) in [6.07, 6.45) is 0.720. The van der Waals surface area contributed by atoms with Crippen LogP contribution in [0.2, 0.25) is 0 Å². The normalized spacial score (nSPS) is 13.2. The van der Waals surface area contributed by atoms with E-state index in [-0.39, 0.29) is 17.4 Å². The van der Waals surface area contributed by atoms with Gasteiger partial charge in [0.2, 0.25) is 0 Å². The summed E-state index contributed by atoms with van der Waals surface area (Å²) in [5, 5.41) is 4.90. The first-order chi connectivity index (χ1) is 11.5. The van der Waals surface area contributed by atoms with Crippen LogP contribution in [0.3, 0.4) is 0 Å². The highest BCUT2D eigenvalue weighted by Crippen LogP contribution is 2.24. The van der Waals surface area contributed by atoms with Crippen LogP contribution < -0.4 is 5.32 Å². The predicted octanol–water partition coefficient (Wildman–Crippen LogP) is 3.27. The molecule has 0 aliphatic rings. The van der Waals surface area contributed by atoms with E-state index in [0.717, 1.165) is 12.0 Å². The van der Waals surface area contributed by atoms with Crippen molar-refractivity contribution in [3.8, 4) is 10.6 Å². The number of nitrogens with one attached hydrogen (secondary N) is 1. The van der Waals surface area contributed by atoms with Crippen molar-refractivity contribution >= 4 is 23.2 Å². The third-order valence-corrected chi connectivity index (χ3v) is 4.67. The van der Waals surface area contributed by atoms with E-state index in [0.29, 0.717) is 5.01 Å². The summed E-state index contributed by atoms with van der Waals surface area (Å²) < 4.78 is 17.7. The number of aromatic nitrogens is 1. The van der Waals surface area contributed by atoms with Gasteiger partial charge in [-0.15, -0.1) is 11.3 Å². The Morgan fingerprint density at radius 1 is 1.33 bits per heavy atom. The van der Waals surface area contributed by atoms with Gasteiger partial charge in [-0.2, -0.15) is 0 Å². The van der Waals surface area contributed by atoms with Gasteiger partial charge in [0.05, 0.1) is 7.11 Å². The summed E-state index contributed by atoms with van der Waals surface area (Å²) in [4.78, 5) is 28.5. The number of halogens is 1. The fourth-order valence-electron chi connectivity index (χ4n) is 2.11. The monoisotopic (exact) mass is 350 g/mol. The highest BCUT2D eigenvalue weighted by atomic mass is 32.1. The van der Waals surface area contributed by atoms with Gasteiger partial charge in [-0.3, -0.25) is 4.79 Å². The summed E-state index contributed by atoms with van der Waals surface area (Å²) in [6.45, 7) is 3.80. The molecule has 2 aromatic rings. The molecule has 0 fully saturated rings. The van der Waals surface area contributed by atoms with Gasteiger partial charge in [0.25, 0.3) is 5.91 Å². The first kappa shape index (κ1) is 18.1. The summed E-state index contributed by atoms with van der Waals surface area (Å²) in [7, 11) is 1.29. The number of amides is 1. The molecule has 0 spiro atoms. The largest absolute Gasteiger partial charge is 0.467 e. The smallest absolute Gasteiger partial charge is 0.328 e. The molecule has 1 amide bonds. The highest BCUT2D eigenvalue weighted by Gasteiger charge is 2.27. The lowest BCUT2D eigenvalue weighted by molar-refractivity contribution is -0.144. The molecule has 2 atom stereocenters. The number of hydrogen-bond donors (Lipinski definition) is 1. The fourth-order valence-corrected chi connectivity index (χ4v) is 2.92. The number of ether oxygens (including phenoxy) is 1. The van der Waals surface area contributed by atoms with E-state index in [9.17, 15) is 14.0 Å². The maximum atomic E-state index is 13.0. The standard InChI is InChI=1S/C17H19FN2O3S/c1-4-10(2)14(17(22)23-3)20-15(21)13-9-24-16(19-13)11-5-7-12(18)8-6-11/h5-10,14H,4H2,1-3H3,(H,20,21). The molecule has 1 aromatic carbocycles. The third kappa shape index (κ3) is 4.17. The molecule has 1 aromatic heterocycles. The number of benzene rings is 1. The van der Waals surface area contributed by atoms with Crippen LogP contribution in [0.15, 0.2) is 29.6 Å². The predicted molar refractivity (Wildman–Crippen MR) is 90.2 cm³/mol. The molecular formula is C17H19FN2O3S. The number of methoxy groups -OCH3 is 1. The molecule has 128 valence electrons. The first-order valence-electron chi connectivity index (χ1n) is 7.56. The van der Waals surface area contributed by atoms with Crippen molar-refractivity contribution in [1.82, 2.24) is 10.3 Å². The third-order valence-electron chi connectivity index (χ3n) is 3.78. The molecule has 0 saturated heterocycles. The van der Waals surface area contributed by atoms with E-state index in [1.54, 1.807) is 17.5 Å². The average molecular weight is 350 g/mol. The average Bonchev–Trinajstić information content (AvgIpc) is 3.09. The van der Waals surface area contributed by atoms with Crippen molar-refractivity contribution < 1.29 is 18.7 Å². The Morgan fingerprint density at radius 3 is 2.58 bits per heavy atom. The molecule has 0 saturated carbocycles. The summed E-state index contributed by atoms with van der Waals surface area (Å²) in [5.74, 6) is -1.30. The van der Waals surface area contributed by atoms with Crippen molar-refractivity contribution in [2.24, 2.45) is 5.92 Å². The molecule has 0 aliphatic carbocycles. The van der Waals surface area contributed by atoms with Crippen molar-refractivity contribution in [3.05, 3.63) is 41.2 Å². The lowest BCUT2D eigenvalue weighted by atomic mass is 9.99. The number of rotatable bonds is 6. The molecule has 1 heterocycles. The molecular weight excluding hydrogens is 331 g/mol. The minimum atomic E-state index is -0.719. The minimum absolute atomic E-state index is 0.0587. The van der Waals surface area contributed by atoms with Crippen LogP contribution in [-0.2, 0) is 9.53 Å². The number of thiazole rings is 1. The van der Waals surface area contributed by atoms with Gasteiger partial charge in [-0.25, -0.2) is 14.2 Å². The van der Waals surface area contributed by atoms with Crippen molar-refractivity contribution in [2.75, 3.05) is 7.11 Å².